The number of methoxy groups -OCH3 is 1. The molecule has 150 valence electrons. The van der Waals surface area contributed by atoms with Gasteiger partial charge in [0.2, 0.25) is 0 Å². The van der Waals surface area contributed by atoms with Crippen molar-refractivity contribution in [2.75, 3.05) is 7.11 Å². The summed E-state index contributed by atoms with van der Waals surface area (Å²) in [6, 6.07) is 14.9. The highest BCUT2D eigenvalue weighted by Gasteiger charge is 2.13. The molecular weight excluding hydrogens is 360 g/mol. The van der Waals surface area contributed by atoms with Gasteiger partial charge >= 0.3 is 0 Å². The third-order valence-electron chi connectivity index (χ3n) is 5.20. The SMILES string of the molecule is COc1oc(CC/C(C)=C/C(C)=C/c2ccc3ccccc3c2)c(C)c(=O)c1C. The molecule has 0 unspecified atom stereocenters. The Morgan fingerprint density at radius 3 is 2.48 bits per heavy atom. The summed E-state index contributed by atoms with van der Waals surface area (Å²) in [6.45, 7) is 7.76. The smallest absolute Gasteiger partial charge is 0.291 e. The molecule has 29 heavy (non-hydrogen) atoms. The van der Waals surface area contributed by atoms with Crippen LogP contribution in [0.1, 0.15) is 42.7 Å². The zero-order valence-electron chi connectivity index (χ0n) is 17.8. The van der Waals surface area contributed by atoms with Gasteiger partial charge in [-0.3, -0.25) is 4.79 Å². The van der Waals surface area contributed by atoms with E-state index in [4.69, 9.17) is 9.15 Å². The Hall–Kier alpha value is -3.07. The molecule has 3 heteroatoms. The molecule has 0 saturated carbocycles. The van der Waals surface area contributed by atoms with E-state index in [1.165, 1.54) is 34.6 Å². The number of rotatable bonds is 6. The van der Waals surface area contributed by atoms with Gasteiger partial charge in [-0.25, -0.2) is 0 Å². The highest BCUT2D eigenvalue weighted by atomic mass is 16.6. The van der Waals surface area contributed by atoms with Gasteiger partial charge in [-0.05, 0) is 56.5 Å². The lowest BCUT2D eigenvalue weighted by Gasteiger charge is -2.09. The first-order chi connectivity index (χ1) is 13.9. The summed E-state index contributed by atoms with van der Waals surface area (Å²) < 4.78 is 11.0. The zero-order valence-corrected chi connectivity index (χ0v) is 17.8. The first-order valence-corrected chi connectivity index (χ1v) is 9.90. The average Bonchev–Trinajstić information content (AvgIpc) is 2.71. The van der Waals surface area contributed by atoms with Crippen molar-refractivity contribution in [3.63, 3.8) is 0 Å². The van der Waals surface area contributed by atoms with Crippen LogP contribution in [0.3, 0.4) is 0 Å². The van der Waals surface area contributed by atoms with Crippen molar-refractivity contribution in [3.8, 4) is 5.95 Å². The fraction of sp³-hybridized carbons (Fsp3) is 0.269. The fourth-order valence-electron chi connectivity index (χ4n) is 3.57. The van der Waals surface area contributed by atoms with Crippen molar-refractivity contribution in [1.29, 1.82) is 0 Å². The summed E-state index contributed by atoms with van der Waals surface area (Å²) in [6.07, 6.45) is 5.87. The molecule has 1 heterocycles. The van der Waals surface area contributed by atoms with E-state index in [1.54, 1.807) is 6.92 Å². The van der Waals surface area contributed by atoms with Gasteiger partial charge in [0.25, 0.3) is 5.95 Å². The summed E-state index contributed by atoms with van der Waals surface area (Å²) in [7, 11) is 1.52. The van der Waals surface area contributed by atoms with Crippen LogP contribution in [0.2, 0.25) is 0 Å². The lowest BCUT2D eigenvalue weighted by molar-refractivity contribution is 0.279. The molecule has 1 aromatic heterocycles. The van der Waals surface area contributed by atoms with Crippen LogP contribution >= 0.6 is 0 Å². The molecule has 0 fully saturated rings. The van der Waals surface area contributed by atoms with E-state index in [1.807, 2.05) is 6.92 Å². The Kier molecular flexibility index (Phi) is 6.38. The summed E-state index contributed by atoms with van der Waals surface area (Å²) in [4.78, 5) is 12.3. The molecule has 0 atom stereocenters. The van der Waals surface area contributed by atoms with Crippen LogP contribution in [-0.4, -0.2) is 7.11 Å². The molecule has 0 radical (unpaired) electrons. The molecule has 3 nitrogen and oxygen atoms in total. The third kappa shape index (κ3) is 4.86. The van der Waals surface area contributed by atoms with Gasteiger partial charge in [-0.2, -0.15) is 0 Å². The highest BCUT2D eigenvalue weighted by molar-refractivity contribution is 5.84. The number of fused-ring (bicyclic) bond motifs is 1. The maximum Gasteiger partial charge on any atom is 0.291 e. The van der Waals surface area contributed by atoms with E-state index >= 15 is 0 Å². The summed E-state index contributed by atoms with van der Waals surface area (Å²) in [5.74, 6) is 1.01. The molecule has 0 bridgehead atoms. The Balaban J connectivity index is 1.74. The second kappa shape index (κ2) is 8.95. The number of benzene rings is 2. The van der Waals surface area contributed by atoms with Gasteiger partial charge < -0.3 is 9.15 Å². The predicted octanol–water partition coefficient (Wildman–Crippen LogP) is 6.40. The maximum absolute atomic E-state index is 12.3. The van der Waals surface area contributed by atoms with Crippen LogP contribution < -0.4 is 10.2 Å². The van der Waals surface area contributed by atoms with E-state index in [2.05, 4.69) is 68.5 Å². The van der Waals surface area contributed by atoms with Gasteiger partial charge in [0.1, 0.15) is 5.76 Å². The molecule has 0 aliphatic carbocycles. The van der Waals surface area contributed by atoms with E-state index < -0.39 is 0 Å². The Morgan fingerprint density at radius 1 is 1.03 bits per heavy atom. The van der Waals surface area contributed by atoms with Crippen molar-refractivity contribution in [3.05, 3.63) is 92.4 Å². The normalized spacial score (nSPS) is 12.4. The first-order valence-electron chi connectivity index (χ1n) is 9.90. The maximum atomic E-state index is 12.3. The van der Waals surface area contributed by atoms with E-state index in [0.717, 1.165) is 6.42 Å². The third-order valence-corrected chi connectivity index (χ3v) is 5.20. The van der Waals surface area contributed by atoms with E-state index in [9.17, 15) is 4.79 Å². The molecular formula is C26H28O3. The average molecular weight is 389 g/mol. The first kappa shape index (κ1) is 20.7. The standard InChI is InChI=1S/C26H28O3/c1-17(10-13-24-19(3)25(27)20(4)26(28-5)29-24)14-18(2)15-21-11-12-22-8-6-7-9-23(22)16-21/h6-9,11-12,14-16H,10,13H2,1-5H3/b17-14+,18-15+. The number of hydrogen-bond donors (Lipinski definition) is 0. The molecule has 0 amide bonds. The Bertz CT molecular complexity index is 1150. The molecule has 0 aliphatic rings. The molecule has 3 aromatic rings. The van der Waals surface area contributed by atoms with Gasteiger partial charge in [-0.1, -0.05) is 59.7 Å². The second-order valence-electron chi connectivity index (χ2n) is 7.58. The predicted molar refractivity (Wildman–Crippen MR) is 121 cm³/mol. The molecule has 0 saturated heterocycles. The van der Waals surface area contributed by atoms with E-state index in [-0.39, 0.29) is 5.43 Å². The number of allylic oxidation sites excluding steroid dienone is 3. The van der Waals surface area contributed by atoms with Crippen molar-refractivity contribution in [2.24, 2.45) is 0 Å². The van der Waals surface area contributed by atoms with Gasteiger partial charge in [0.15, 0.2) is 5.43 Å². The molecule has 0 N–H and O–H groups in total. The Morgan fingerprint density at radius 2 is 1.76 bits per heavy atom. The lowest BCUT2D eigenvalue weighted by atomic mass is 10.0. The van der Waals surface area contributed by atoms with Crippen molar-refractivity contribution >= 4 is 16.8 Å². The highest BCUT2D eigenvalue weighted by Crippen LogP contribution is 2.22. The van der Waals surface area contributed by atoms with Gasteiger partial charge in [0, 0.05) is 12.0 Å². The second-order valence-corrected chi connectivity index (χ2v) is 7.58. The van der Waals surface area contributed by atoms with Crippen molar-refractivity contribution < 1.29 is 9.15 Å². The monoisotopic (exact) mass is 388 g/mol. The summed E-state index contributed by atoms with van der Waals surface area (Å²) in [5, 5.41) is 2.49. The minimum absolute atomic E-state index is 0.00267. The minimum Gasteiger partial charge on any atom is -0.468 e. The fourth-order valence-corrected chi connectivity index (χ4v) is 3.57. The quantitative estimate of drug-likeness (QED) is 0.459. The molecule has 3 rings (SSSR count). The van der Waals surface area contributed by atoms with Crippen LogP contribution in [0.4, 0.5) is 0 Å². The van der Waals surface area contributed by atoms with Crippen LogP contribution in [-0.2, 0) is 6.42 Å². The van der Waals surface area contributed by atoms with Crippen molar-refractivity contribution in [1.82, 2.24) is 0 Å². The van der Waals surface area contributed by atoms with Crippen LogP contribution in [0.5, 0.6) is 5.95 Å². The van der Waals surface area contributed by atoms with Crippen LogP contribution in [0.15, 0.2) is 68.9 Å². The number of hydrogen-bond acceptors (Lipinski definition) is 3. The lowest BCUT2D eigenvalue weighted by Crippen LogP contribution is -2.13. The molecule has 0 aliphatic heterocycles. The van der Waals surface area contributed by atoms with Crippen LogP contribution in [0.25, 0.3) is 16.8 Å². The largest absolute Gasteiger partial charge is 0.468 e. The summed E-state index contributed by atoms with van der Waals surface area (Å²) >= 11 is 0. The molecule has 0 spiro atoms. The van der Waals surface area contributed by atoms with Gasteiger partial charge in [0.05, 0.1) is 12.7 Å². The summed E-state index contributed by atoms with van der Waals surface area (Å²) in [5.41, 5.74) is 4.81. The number of aryl methyl sites for hydroxylation is 1. The zero-order chi connectivity index (χ0) is 21.0. The van der Waals surface area contributed by atoms with E-state index in [0.29, 0.717) is 29.3 Å². The Labute approximate surface area is 172 Å². The molecule has 2 aromatic carbocycles. The van der Waals surface area contributed by atoms with Crippen molar-refractivity contribution in [2.45, 2.75) is 40.5 Å². The van der Waals surface area contributed by atoms with Crippen LogP contribution in [0, 0.1) is 13.8 Å². The van der Waals surface area contributed by atoms with Gasteiger partial charge in [-0.15, -0.1) is 0 Å². The minimum atomic E-state index is -0.00267. The number of ether oxygens (including phenoxy) is 1. The topological polar surface area (TPSA) is 39.4 Å².